The third kappa shape index (κ3) is 2.41. The molecule has 0 aromatic carbocycles. The molecule has 1 fully saturated rings. The number of rotatable bonds is 2. The summed E-state index contributed by atoms with van der Waals surface area (Å²) in [7, 11) is 0. The minimum Gasteiger partial charge on any atom is -0.335 e. The van der Waals surface area contributed by atoms with Crippen LogP contribution in [0.25, 0.3) is 0 Å². The van der Waals surface area contributed by atoms with E-state index in [1.54, 1.807) is 22.4 Å². The largest absolute Gasteiger partial charge is 0.335 e. The second kappa shape index (κ2) is 4.10. The average molecular weight is 224 g/mol. The van der Waals surface area contributed by atoms with Gasteiger partial charge in [-0.3, -0.25) is 9.59 Å². The third-order valence-corrected chi connectivity index (χ3v) is 3.25. The molecule has 5 heteroatoms. The first kappa shape index (κ1) is 10.3. The Morgan fingerprint density at radius 2 is 2.33 bits per heavy atom. The Kier molecular flexibility index (Phi) is 2.81. The molecule has 1 aliphatic rings. The maximum Gasteiger partial charge on any atom is 0.230 e. The minimum atomic E-state index is -0.0703. The fraction of sp³-hybridized carbons (Fsp3) is 0.500. The van der Waals surface area contributed by atoms with Gasteiger partial charge in [0.1, 0.15) is 10.8 Å². The molecule has 0 spiro atoms. The molecular formula is C10H12N2O2S. The Morgan fingerprint density at radius 3 is 2.93 bits per heavy atom. The fourth-order valence-electron chi connectivity index (χ4n) is 1.56. The van der Waals surface area contributed by atoms with Gasteiger partial charge in [-0.15, -0.1) is 11.3 Å². The number of thiazole rings is 1. The summed E-state index contributed by atoms with van der Waals surface area (Å²) in [6.45, 7) is 3.07. The van der Waals surface area contributed by atoms with Gasteiger partial charge in [-0.1, -0.05) is 0 Å². The topological polar surface area (TPSA) is 50.3 Å². The molecule has 0 bridgehead atoms. The van der Waals surface area contributed by atoms with Gasteiger partial charge < -0.3 is 4.90 Å². The molecule has 80 valence electrons. The van der Waals surface area contributed by atoms with Gasteiger partial charge in [-0.05, 0) is 6.92 Å². The van der Waals surface area contributed by atoms with Crippen LogP contribution in [0.15, 0.2) is 6.20 Å². The van der Waals surface area contributed by atoms with Crippen LogP contribution >= 0.6 is 11.3 Å². The number of Topliss-reactive ketones (excluding diaryl/α,β-unsaturated/α-hetero) is 1. The molecule has 1 saturated heterocycles. The zero-order valence-electron chi connectivity index (χ0n) is 8.52. The minimum absolute atomic E-state index is 0.0477. The summed E-state index contributed by atoms with van der Waals surface area (Å²) >= 11 is 1.59. The molecule has 1 amide bonds. The second-order valence-electron chi connectivity index (χ2n) is 3.65. The number of carbonyl (C=O) groups is 2. The monoisotopic (exact) mass is 224 g/mol. The van der Waals surface area contributed by atoms with E-state index < -0.39 is 0 Å². The molecule has 1 aromatic rings. The summed E-state index contributed by atoms with van der Waals surface area (Å²) in [5.74, 6) is -0.0225. The van der Waals surface area contributed by atoms with Crippen LogP contribution in [0.5, 0.6) is 0 Å². The van der Waals surface area contributed by atoms with Crippen molar-refractivity contribution in [3.63, 3.8) is 0 Å². The van der Waals surface area contributed by atoms with Crippen molar-refractivity contribution >= 4 is 23.0 Å². The highest BCUT2D eigenvalue weighted by molar-refractivity contribution is 7.11. The summed E-state index contributed by atoms with van der Waals surface area (Å²) in [6, 6.07) is 0. The van der Waals surface area contributed by atoms with Crippen molar-refractivity contribution in [2.75, 3.05) is 6.54 Å². The smallest absolute Gasteiger partial charge is 0.230 e. The predicted molar refractivity (Wildman–Crippen MR) is 56.5 cm³/mol. The average Bonchev–Trinajstić information content (AvgIpc) is 2.56. The van der Waals surface area contributed by atoms with Crippen molar-refractivity contribution in [3.05, 3.63) is 16.1 Å². The maximum atomic E-state index is 11.5. The van der Waals surface area contributed by atoms with Crippen LogP contribution in [0.1, 0.15) is 22.7 Å². The lowest BCUT2D eigenvalue weighted by atomic mass is 10.1. The van der Waals surface area contributed by atoms with Gasteiger partial charge in [-0.25, -0.2) is 4.98 Å². The highest BCUT2D eigenvalue weighted by Crippen LogP contribution is 2.16. The van der Waals surface area contributed by atoms with Gasteiger partial charge in [0.05, 0.1) is 13.0 Å². The van der Waals surface area contributed by atoms with Crippen molar-refractivity contribution < 1.29 is 9.59 Å². The van der Waals surface area contributed by atoms with E-state index in [0.29, 0.717) is 19.5 Å². The van der Waals surface area contributed by atoms with Crippen molar-refractivity contribution in [1.82, 2.24) is 9.88 Å². The van der Waals surface area contributed by atoms with Gasteiger partial charge in [0, 0.05) is 24.0 Å². The van der Waals surface area contributed by atoms with E-state index in [1.165, 1.54) is 0 Å². The van der Waals surface area contributed by atoms with Gasteiger partial charge in [0.2, 0.25) is 5.91 Å². The summed E-state index contributed by atoms with van der Waals surface area (Å²) in [6.07, 6.45) is 2.35. The molecule has 4 nitrogen and oxygen atoms in total. The highest BCUT2D eigenvalue weighted by Gasteiger charge is 2.24. The number of hydrogen-bond acceptors (Lipinski definition) is 4. The first-order valence-electron chi connectivity index (χ1n) is 4.86. The number of ketones is 1. The Bertz CT molecular complexity index is 400. The molecule has 0 unspecified atom stereocenters. The van der Waals surface area contributed by atoms with Crippen LogP contribution in [-0.2, 0) is 16.1 Å². The van der Waals surface area contributed by atoms with Gasteiger partial charge >= 0.3 is 0 Å². The van der Waals surface area contributed by atoms with E-state index in [0.717, 1.165) is 9.88 Å². The van der Waals surface area contributed by atoms with Crippen molar-refractivity contribution in [3.8, 4) is 0 Å². The predicted octanol–water partition coefficient (Wildman–Crippen LogP) is 1.14. The van der Waals surface area contributed by atoms with E-state index in [9.17, 15) is 9.59 Å². The molecule has 1 aliphatic heterocycles. The van der Waals surface area contributed by atoms with Crippen LogP contribution in [-0.4, -0.2) is 28.1 Å². The normalized spacial score (nSPS) is 17.3. The number of amides is 1. The Balaban J connectivity index is 2.00. The SMILES string of the molecule is Cc1cnc(CN2CCC(=O)CC2=O)s1. The van der Waals surface area contributed by atoms with E-state index >= 15 is 0 Å². The molecule has 0 saturated carbocycles. The Labute approximate surface area is 91.9 Å². The second-order valence-corrected chi connectivity index (χ2v) is 4.96. The molecule has 0 radical (unpaired) electrons. The molecule has 0 N–H and O–H groups in total. The molecule has 0 aliphatic carbocycles. The molecule has 2 heterocycles. The van der Waals surface area contributed by atoms with Gasteiger partial charge in [0.25, 0.3) is 0 Å². The van der Waals surface area contributed by atoms with E-state index in [-0.39, 0.29) is 18.1 Å². The van der Waals surface area contributed by atoms with Crippen molar-refractivity contribution in [2.24, 2.45) is 0 Å². The van der Waals surface area contributed by atoms with Crippen LogP contribution in [0.2, 0.25) is 0 Å². The maximum absolute atomic E-state index is 11.5. The zero-order valence-corrected chi connectivity index (χ0v) is 9.34. The first-order chi connectivity index (χ1) is 7.15. The number of aryl methyl sites for hydroxylation is 1. The number of piperidine rings is 1. The molecule has 1 aromatic heterocycles. The zero-order chi connectivity index (χ0) is 10.8. The van der Waals surface area contributed by atoms with Crippen LogP contribution in [0.3, 0.4) is 0 Å². The summed E-state index contributed by atoms with van der Waals surface area (Å²) in [4.78, 5) is 29.6. The molecule has 15 heavy (non-hydrogen) atoms. The van der Waals surface area contributed by atoms with E-state index in [4.69, 9.17) is 0 Å². The number of likely N-dealkylation sites (tertiary alicyclic amines) is 1. The summed E-state index contributed by atoms with van der Waals surface area (Å²) in [5.41, 5.74) is 0. The molecule has 0 atom stereocenters. The van der Waals surface area contributed by atoms with Gasteiger partial charge in [-0.2, -0.15) is 0 Å². The summed E-state index contributed by atoms with van der Waals surface area (Å²) in [5, 5.41) is 0.940. The lowest BCUT2D eigenvalue weighted by Gasteiger charge is -2.24. The van der Waals surface area contributed by atoms with E-state index in [1.807, 2.05) is 6.92 Å². The van der Waals surface area contributed by atoms with Gasteiger partial charge in [0.15, 0.2) is 0 Å². The van der Waals surface area contributed by atoms with Crippen molar-refractivity contribution in [2.45, 2.75) is 26.3 Å². The van der Waals surface area contributed by atoms with Crippen LogP contribution in [0.4, 0.5) is 0 Å². The van der Waals surface area contributed by atoms with E-state index in [2.05, 4.69) is 4.98 Å². The van der Waals surface area contributed by atoms with Crippen molar-refractivity contribution in [1.29, 1.82) is 0 Å². The van der Waals surface area contributed by atoms with Crippen LogP contribution in [0, 0.1) is 6.92 Å². The standard InChI is InChI=1S/C10H12N2O2S/c1-7-5-11-9(15-7)6-12-3-2-8(13)4-10(12)14/h5H,2-4,6H2,1H3. The lowest BCUT2D eigenvalue weighted by Crippen LogP contribution is -2.38. The lowest BCUT2D eigenvalue weighted by molar-refractivity contribution is -0.139. The molecule has 2 rings (SSSR count). The quantitative estimate of drug-likeness (QED) is 0.708. The number of hydrogen-bond donors (Lipinski definition) is 0. The first-order valence-corrected chi connectivity index (χ1v) is 5.67. The number of carbonyl (C=O) groups excluding carboxylic acids is 2. The number of nitrogens with zero attached hydrogens (tertiary/aromatic N) is 2. The number of aromatic nitrogens is 1. The third-order valence-electron chi connectivity index (χ3n) is 2.36. The highest BCUT2D eigenvalue weighted by atomic mass is 32.1. The molecular weight excluding hydrogens is 212 g/mol. The fourth-order valence-corrected chi connectivity index (χ4v) is 2.36. The summed E-state index contributed by atoms with van der Waals surface area (Å²) < 4.78 is 0. The Morgan fingerprint density at radius 1 is 1.53 bits per heavy atom. The van der Waals surface area contributed by atoms with Crippen LogP contribution < -0.4 is 0 Å². The Hall–Kier alpha value is -1.23.